The minimum atomic E-state index is -1.25. The van der Waals surface area contributed by atoms with Gasteiger partial charge in [-0.15, -0.1) is 11.3 Å². The highest BCUT2D eigenvalue weighted by Gasteiger charge is 2.22. The maximum Gasteiger partial charge on any atom is 0.339 e. The average Bonchev–Trinajstić information content (AvgIpc) is 2.80. The van der Waals surface area contributed by atoms with Crippen molar-refractivity contribution in [3.63, 3.8) is 0 Å². The van der Waals surface area contributed by atoms with Crippen molar-refractivity contribution in [3.05, 3.63) is 28.8 Å². The molecule has 1 heterocycles. The highest BCUT2D eigenvalue weighted by atomic mass is 32.1. The second-order valence-corrected chi connectivity index (χ2v) is 6.68. The van der Waals surface area contributed by atoms with Crippen LogP contribution in [0.2, 0.25) is 0 Å². The number of aromatic nitrogens is 1. The summed E-state index contributed by atoms with van der Waals surface area (Å²) in [6, 6.07) is 5.39. The molecule has 0 amide bonds. The molecule has 1 aromatic heterocycles. The van der Waals surface area contributed by atoms with Crippen molar-refractivity contribution in [2.75, 3.05) is 6.61 Å². The van der Waals surface area contributed by atoms with E-state index in [1.54, 1.807) is 30.4 Å². The summed E-state index contributed by atoms with van der Waals surface area (Å²) in [6.07, 6.45) is -1.25. The number of nitrogens with zero attached hydrogens (tertiary/aromatic N) is 1. The minimum absolute atomic E-state index is 0.0103. The Hall–Kier alpha value is -1.46. The van der Waals surface area contributed by atoms with Crippen LogP contribution in [-0.4, -0.2) is 22.7 Å². The molecule has 0 bridgehead atoms. The predicted molar refractivity (Wildman–Crippen MR) is 79.9 cm³/mol. The molecular weight excluding hydrogens is 274 g/mol. The van der Waals surface area contributed by atoms with Gasteiger partial charge in [-0.2, -0.15) is 0 Å². The van der Waals surface area contributed by atoms with Gasteiger partial charge in [-0.25, -0.2) is 9.78 Å². The van der Waals surface area contributed by atoms with E-state index in [2.05, 4.69) is 25.8 Å². The Morgan fingerprint density at radius 1 is 1.45 bits per heavy atom. The molecule has 0 aliphatic carbocycles. The van der Waals surface area contributed by atoms with Crippen molar-refractivity contribution in [2.45, 2.75) is 39.2 Å². The van der Waals surface area contributed by atoms with Crippen molar-refractivity contribution in [2.24, 2.45) is 0 Å². The van der Waals surface area contributed by atoms with Crippen molar-refractivity contribution in [3.8, 4) is 0 Å². The van der Waals surface area contributed by atoms with Crippen LogP contribution in [0.3, 0.4) is 0 Å². The third-order valence-electron chi connectivity index (χ3n) is 2.88. The normalized spacial score (nSPS) is 13.4. The lowest BCUT2D eigenvalue weighted by Gasteiger charge is -2.13. The summed E-state index contributed by atoms with van der Waals surface area (Å²) in [6.45, 7) is 8.30. The van der Waals surface area contributed by atoms with Crippen molar-refractivity contribution >= 4 is 27.5 Å². The van der Waals surface area contributed by atoms with Gasteiger partial charge in [-0.05, 0) is 24.6 Å². The summed E-state index contributed by atoms with van der Waals surface area (Å²) in [5.41, 5.74) is 1.31. The molecule has 0 saturated carbocycles. The number of rotatable bonds is 3. The zero-order chi connectivity index (χ0) is 14.9. The summed E-state index contributed by atoms with van der Waals surface area (Å²) in [5.74, 6) is -0.627. The molecule has 1 atom stereocenters. The quantitative estimate of drug-likeness (QED) is 0.883. The molecule has 0 fully saturated rings. The van der Waals surface area contributed by atoms with Crippen LogP contribution in [0.1, 0.15) is 44.4 Å². The standard InChI is InChI=1S/C15H19NO3S/c1-5-19-13(18)12(17)9-6-7-11-10(8-9)16-14(20-11)15(2,3)4/h6-8,12,17H,5H2,1-4H3. The Balaban J connectivity index is 2.36. The molecular formula is C15H19NO3S. The molecule has 108 valence electrons. The number of aliphatic hydroxyl groups is 1. The molecule has 0 saturated heterocycles. The van der Waals surface area contributed by atoms with Crippen molar-refractivity contribution < 1.29 is 14.6 Å². The van der Waals surface area contributed by atoms with E-state index in [9.17, 15) is 9.90 Å². The Labute approximate surface area is 122 Å². The summed E-state index contributed by atoms with van der Waals surface area (Å²) in [5, 5.41) is 11.0. The van der Waals surface area contributed by atoms with Crippen LogP contribution in [0.5, 0.6) is 0 Å². The highest BCUT2D eigenvalue weighted by Crippen LogP contribution is 2.32. The van der Waals surface area contributed by atoms with Crippen LogP contribution in [-0.2, 0) is 14.9 Å². The van der Waals surface area contributed by atoms with Gasteiger partial charge in [0.2, 0.25) is 0 Å². The van der Waals surface area contributed by atoms with Crippen LogP contribution >= 0.6 is 11.3 Å². The second-order valence-electron chi connectivity index (χ2n) is 5.65. The van der Waals surface area contributed by atoms with Crippen LogP contribution in [0.25, 0.3) is 10.2 Å². The number of benzene rings is 1. The molecule has 5 heteroatoms. The molecule has 4 nitrogen and oxygen atoms in total. The topological polar surface area (TPSA) is 59.4 Å². The first kappa shape index (κ1) is 14.9. The fraction of sp³-hybridized carbons (Fsp3) is 0.467. The van der Waals surface area contributed by atoms with E-state index in [1.807, 2.05) is 6.07 Å². The third kappa shape index (κ3) is 2.99. The molecule has 0 aliphatic heterocycles. The smallest absolute Gasteiger partial charge is 0.339 e. The van der Waals surface area contributed by atoms with Gasteiger partial charge >= 0.3 is 5.97 Å². The van der Waals surface area contributed by atoms with Crippen LogP contribution in [0.15, 0.2) is 18.2 Å². The first-order valence-electron chi connectivity index (χ1n) is 6.58. The highest BCUT2D eigenvalue weighted by molar-refractivity contribution is 7.18. The molecule has 20 heavy (non-hydrogen) atoms. The van der Waals surface area contributed by atoms with E-state index in [0.29, 0.717) is 5.56 Å². The first-order valence-corrected chi connectivity index (χ1v) is 7.40. The number of ether oxygens (including phenoxy) is 1. The van der Waals surface area contributed by atoms with E-state index in [4.69, 9.17) is 4.74 Å². The fourth-order valence-corrected chi connectivity index (χ4v) is 2.80. The zero-order valence-corrected chi connectivity index (χ0v) is 13.0. The number of fused-ring (bicyclic) bond motifs is 1. The molecule has 0 spiro atoms. The molecule has 1 N–H and O–H groups in total. The van der Waals surface area contributed by atoms with Gasteiger partial charge in [0.15, 0.2) is 6.10 Å². The van der Waals surface area contributed by atoms with Crippen molar-refractivity contribution in [1.82, 2.24) is 4.98 Å². The van der Waals surface area contributed by atoms with Crippen LogP contribution in [0, 0.1) is 0 Å². The summed E-state index contributed by atoms with van der Waals surface area (Å²) >= 11 is 1.63. The van der Waals surface area contributed by atoms with Gasteiger partial charge in [-0.1, -0.05) is 26.8 Å². The van der Waals surface area contributed by atoms with E-state index in [-0.39, 0.29) is 12.0 Å². The summed E-state index contributed by atoms with van der Waals surface area (Å²) < 4.78 is 5.87. The molecule has 1 unspecified atom stereocenters. The number of hydrogen-bond donors (Lipinski definition) is 1. The molecule has 2 aromatic rings. The Kier molecular flexibility index (Phi) is 4.11. The number of esters is 1. The van der Waals surface area contributed by atoms with Gasteiger partial charge in [0.1, 0.15) is 0 Å². The van der Waals surface area contributed by atoms with Gasteiger partial charge in [-0.3, -0.25) is 0 Å². The average molecular weight is 293 g/mol. The minimum Gasteiger partial charge on any atom is -0.464 e. The lowest BCUT2D eigenvalue weighted by atomic mass is 9.98. The SMILES string of the molecule is CCOC(=O)C(O)c1ccc2sc(C(C)(C)C)nc2c1. The maximum atomic E-state index is 11.6. The molecule has 0 radical (unpaired) electrons. The Morgan fingerprint density at radius 3 is 2.75 bits per heavy atom. The Morgan fingerprint density at radius 2 is 2.15 bits per heavy atom. The van der Waals surface area contributed by atoms with Gasteiger partial charge in [0.05, 0.1) is 21.8 Å². The van der Waals surface area contributed by atoms with Crippen LogP contribution < -0.4 is 0 Å². The molecule has 1 aromatic carbocycles. The fourth-order valence-electron chi connectivity index (χ4n) is 1.79. The largest absolute Gasteiger partial charge is 0.464 e. The maximum absolute atomic E-state index is 11.6. The lowest BCUT2D eigenvalue weighted by molar-refractivity contribution is -0.153. The number of aliphatic hydroxyl groups excluding tert-OH is 1. The van der Waals surface area contributed by atoms with Gasteiger partial charge < -0.3 is 9.84 Å². The third-order valence-corrected chi connectivity index (χ3v) is 4.34. The summed E-state index contributed by atoms with van der Waals surface area (Å²) in [4.78, 5) is 16.1. The van der Waals surface area contributed by atoms with E-state index in [1.165, 1.54) is 0 Å². The number of carbonyl (C=O) groups is 1. The predicted octanol–water partition coefficient (Wildman–Crippen LogP) is 3.19. The molecule has 0 aliphatic rings. The summed E-state index contributed by atoms with van der Waals surface area (Å²) in [7, 11) is 0. The molecule has 2 rings (SSSR count). The van der Waals surface area contributed by atoms with Crippen molar-refractivity contribution in [1.29, 1.82) is 0 Å². The van der Waals surface area contributed by atoms with E-state index < -0.39 is 12.1 Å². The number of carbonyl (C=O) groups excluding carboxylic acids is 1. The monoisotopic (exact) mass is 293 g/mol. The van der Waals surface area contributed by atoms with E-state index in [0.717, 1.165) is 15.2 Å². The zero-order valence-electron chi connectivity index (χ0n) is 12.1. The lowest BCUT2D eigenvalue weighted by Crippen LogP contribution is -2.15. The first-order chi connectivity index (χ1) is 9.32. The number of hydrogen-bond acceptors (Lipinski definition) is 5. The van der Waals surface area contributed by atoms with Gasteiger partial charge in [0.25, 0.3) is 0 Å². The number of thiazole rings is 1. The van der Waals surface area contributed by atoms with E-state index >= 15 is 0 Å². The van der Waals surface area contributed by atoms with Gasteiger partial charge in [0, 0.05) is 5.41 Å². The second kappa shape index (κ2) is 5.50. The Bertz CT molecular complexity index is 628. The van der Waals surface area contributed by atoms with Crippen LogP contribution in [0.4, 0.5) is 0 Å².